The summed E-state index contributed by atoms with van der Waals surface area (Å²) in [5.41, 5.74) is 0.510. The summed E-state index contributed by atoms with van der Waals surface area (Å²) in [5, 5.41) is 6.13. The molecular weight excluding hydrogens is 242 g/mol. The molecule has 1 aliphatic heterocycles. The van der Waals surface area contributed by atoms with Crippen LogP contribution >= 0.6 is 0 Å². The van der Waals surface area contributed by atoms with E-state index in [0.29, 0.717) is 5.82 Å². The van der Waals surface area contributed by atoms with Crippen LogP contribution in [0.15, 0.2) is 18.3 Å². The number of hydrogen-bond acceptors (Lipinski definition) is 4. The number of carbonyl (C=O) groups is 1. The van der Waals surface area contributed by atoms with Crippen LogP contribution in [-0.2, 0) is 4.74 Å². The first kappa shape index (κ1) is 13.8. The van der Waals surface area contributed by atoms with Crippen LogP contribution in [0, 0.1) is 0 Å². The normalized spacial score (nSPS) is 19.2. The molecule has 1 saturated heterocycles. The number of aromatic nitrogens is 1. The van der Waals surface area contributed by atoms with Crippen molar-refractivity contribution >= 4 is 11.9 Å². The second-order valence-electron chi connectivity index (χ2n) is 5.72. The quantitative estimate of drug-likeness (QED) is 0.861. The molecule has 0 aliphatic carbocycles. The molecule has 1 aromatic rings. The molecule has 0 aromatic carbocycles. The summed E-state index contributed by atoms with van der Waals surface area (Å²) in [6.45, 7) is 6.52. The molecule has 1 aliphatic rings. The van der Waals surface area contributed by atoms with Crippen LogP contribution in [0.25, 0.3) is 0 Å². The van der Waals surface area contributed by atoms with Gasteiger partial charge in [0, 0.05) is 17.8 Å². The summed E-state index contributed by atoms with van der Waals surface area (Å²) < 4.78 is 5.25. The van der Waals surface area contributed by atoms with E-state index in [2.05, 4.69) is 15.6 Å². The lowest BCUT2D eigenvalue weighted by Crippen LogP contribution is -2.28. The molecule has 1 fully saturated rings. The van der Waals surface area contributed by atoms with Crippen LogP contribution in [0.3, 0.4) is 0 Å². The lowest BCUT2D eigenvalue weighted by molar-refractivity contribution is 0.0635. The van der Waals surface area contributed by atoms with Gasteiger partial charge in [-0.2, -0.15) is 0 Å². The van der Waals surface area contributed by atoms with Crippen LogP contribution in [0.1, 0.15) is 45.2 Å². The number of anilines is 1. The lowest BCUT2D eigenvalue weighted by Gasteiger charge is -2.21. The average molecular weight is 263 g/mol. The maximum atomic E-state index is 11.8. The van der Waals surface area contributed by atoms with Crippen molar-refractivity contribution in [2.75, 3.05) is 11.9 Å². The van der Waals surface area contributed by atoms with E-state index in [4.69, 9.17) is 4.74 Å². The van der Waals surface area contributed by atoms with Gasteiger partial charge >= 0.3 is 6.09 Å². The fourth-order valence-corrected chi connectivity index (χ4v) is 2.15. The van der Waals surface area contributed by atoms with Gasteiger partial charge in [-0.3, -0.25) is 5.32 Å². The van der Waals surface area contributed by atoms with Crippen LogP contribution in [0.2, 0.25) is 0 Å². The standard InChI is InChI=1S/C14H21N3O2/c1-14(2,3)19-13(18)17-12-10(6-4-9-16-12)11-7-5-8-15-11/h4,6,9,11,15H,5,7-8H2,1-3H3,(H,16,17,18)/t11-/m0/s1. The number of amides is 1. The van der Waals surface area contributed by atoms with Gasteiger partial charge in [0.05, 0.1) is 0 Å². The van der Waals surface area contributed by atoms with E-state index in [-0.39, 0.29) is 6.04 Å². The Labute approximate surface area is 113 Å². The monoisotopic (exact) mass is 263 g/mol. The van der Waals surface area contributed by atoms with Gasteiger partial charge < -0.3 is 10.1 Å². The summed E-state index contributed by atoms with van der Waals surface area (Å²) in [7, 11) is 0. The Morgan fingerprint density at radius 1 is 1.53 bits per heavy atom. The highest BCUT2D eigenvalue weighted by Crippen LogP contribution is 2.27. The van der Waals surface area contributed by atoms with Crippen molar-refractivity contribution in [2.24, 2.45) is 0 Å². The Kier molecular flexibility index (Phi) is 4.04. The first-order valence-corrected chi connectivity index (χ1v) is 6.64. The summed E-state index contributed by atoms with van der Waals surface area (Å²) >= 11 is 0. The van der Waals surface area contributed by atoms with E-state index in [9.17, 15) is 4.79 Å². The SMILES string of the molecule is CC(C)(C)OC(=O)Nc1ncccc1[C@@H]1CCCN1. The highest BCUT2D eigenvalue weighted by molar-refractivity contribution is 5.84. The van der Waals surface area contributed by atoms with Crippen LogP contribution in [0.4, 0.5) is 10.6 Å². The maximum Gasteiger partial charge on any atom is 0.413 e. The molecule has 0 spiro atoms. The van der Waals surface area contributed by atoms with Crippen molar-refractivity contribution in [3.05, 3.63) is 23.9 Å². The zero-order chi connectivity index (χ0) is 13.9. The van der Waals surface area contributed by atoms with E-state index >= 15 is 0 Å². The second kappa shape index (κ2) is 5.57. The molecule has 5 heteroatoms. The molecule has 5 nitrogen and oxygen atoms in total. The Balaban J connectivity index is 2.09. The van der Waals surface area contributed by atoms with E-state index in [1.165, 1.54) is 0 Å². The molecule has 1 amide bonds. The molecule has 1 aromatic heterocycles. The fraction of sp³-hybridized carbons (Fsp3) is 0.571. The smallest absolute Gasteiger partial charge is 0.413 e. The van der Waals surface area contributed by atoms with E-state index in [1.807, 2.05) is 32.9 Å². The number of hydrogen-bond donors (Lipinski definition) is 2. The van der Waals surface area contributed by atoms with E-state index in [0.717, 1.165) is 24.9 Å². The van der Waals surface area contributed by atoms with E-state index < -0.39 is 11.7 Å². The highest BCUT2D eigenvalue weighted by atomic mass is 16.6. The van der Waals surface area contributed by atoms with Crippen molar-refractivity contribution < 1.29 is 9.53 Å². The molecular formula is C14H21N3O2. The summed E-state index contributed by atoms with van der Waals surface area (Å²) in [5.74, 6) is 0.580. The van der Waals surface area contributed by atoms with Crippen molar-refractivity contribution in [3.8, 4) is 0 Å². The zero-order valence-corrected chi connectivity index (χ0v) is 11.7. The molecule has 0 saturated carbocycles. The third kappa shape index (κ3) is 3.92. The third-order valence-corrected chi connectivity index (χ3v) is 2.89. The van der Waals surface area contributed by atoms with Gasteiger partial charge in [0.25, 0.3) is 0 Å². The molecule has 2 rings (SSSR count). The van der Waals surface area contributed by atoms with Crippen LogP contribution < -0.4 is 10.6 Å². The third-order valence-electron chi connectivity index (χ3n) is 2.89. The Morgan fingerprint density at radius 3 is 2.95 bits per heavy atom. The minimum atomic E-state index is -0.509. The predicted octanol–water partition coefficient (Wildman–Crippen LogP) is 2.85. The molecule has 19 heavy (non-hydrogen) atoms. The van der Waals surface area contributed by atoms with Crippen LogP contribution in [-0.4, -0.2) is 23.2 Å². The largest absolute Gasteiger partial charge is 0.444 e. The van der Waals surface area contributed by atoms with Gasteiger partial charge in [0.1, 0.15) is 11.4 Å². The topological polar surface area (TPSA) is 63.2 Å². The number of pyridine rings is 1. The molecule has 2 N–H and O–H groups in total. The minimum absolute atomic E-state index is 0.263. The van der Waals surface area contributed by atoms with E-state index in [1.54, 1.807) is 6.20 Å². The summed E-state index contributed by atoms with van der Waals surface area (Å²) in [6.07, 6.45) is 3.41. The first-order chi connectivity index (χ1) is 8.96. The maximum absolute atomic E-state index is 11.8. The van der Waals surface area contributed by atoms with Gasteiger partial charge in [-0.1, -0.05) is 6.07 Å². The van der Waals surface area contributed by atoms with Crippen molar-refractivity contribution in [3.63, 3.8) is 0 Å². The van der Waals surface area contributed by atoms with Crippen LogP contribution in [0.5, 0.6) is 0 Å². The zero-order valence-electron chi connectivity index (χ0n) is 11.7. The molecule has 1 atom stereocenters. The number of ether oxygens (including phenoxy) is 1. The van der Waals surface area contributed by atoms with Gasteiger partial charge in [0.15, 0.2) is 0 Å². The highest BCUT2D eigenvalue weighted by Gasteiger charge is 2.22. The first-order valence-electron chi connectivity index (χ1n) is 6.64. The summed E-state index contributed by atoms with van der Waals surface area (Å²) in [4.78, 5) is 16.0. The summed E-state index contributed by atoms with van der Waals surface area (Å²) in [6, 6.07) is 4.14. The molecule has 0 unspecified atom stereocenters. The van der Waals surface area contributed by atoms with Crippen molar-refractivity contribution in [1.82, 2.24) is 10.3 Å². The number of rotatable bonds is 2. The Hall–Kier alpha value is -1.62. The van der Waals surface area contributed by atoms with Gasteiger partial charge in [-0.25, -0.2) is 9.78 Å². The average Bonchev–Trinajstić information content (AvgIpc) is 2.80. The molecule has 104 valence electrons. The fourth-order valence-electron chi connectivity index (χ4n) is 2.15. The second-order valence-corrected chi connectivity index (χ2v) is 5.72. The molecule has 0 bridgehead atoms. The van der Waals surface area contributed by atoms with Crippen molar-refractivity contribution in [2.45, 2.75) is 45.3 Å². The number of nitrogens with zero attached hydrogens (tertiary/aromatic N) is 1. The van der Waals surface area contributed by atoms with Gasteiger partial charge in [0.2, 0.25) is 0 Å². The molecule has 0 radical (unpaired) electrons. The van der Waals surface area contributed by atoms with Gasteiger partial charge in [-0.15, -0.1) is 0 Å². The molecule has 2 heterocycles. The number of carbonyl (C=O) groups excluding carboxylic acids is 1. The Bertz CT molecular complexity index is 448. The minimum Gasteiger partial charge on any atom is -0.444 e. The lowest BCUT2D eigenvalue weighted by atomic mass is 10.1. The number of nitrogens with one attached hydrogen (secondary N) is 2. The predicted molar refractivity (Wildman–Crippen MR) is 74.1 cm³/mol. The van der Waals surface area contributed by atoms with Gasteiger partial charge in [-0.05, 0) is 46.2 Å². The van der Waals surface area contributed by atoms with Crippen molar-refractivity contribution in [1.29, 1.82) is 0 Å². The Morgan fingerprint density at radius 2 is 2.32 bits per heavy atom.